The summed E-state index contributed by atoms with van der Waals surface area (Å²) in [5.41, 5.74) is 2.43. The highest BCUT2D eigenvalue weighted by atomic mass is 19.1. The third kappa shape index (κ3) is 5.83. The van der Waals surface area contributed by atoms with Crippen molar-refractivity contribution in [1.29, 1.82) is 0 Å². The number of carbonyl (C=O) groups is 2. The van der Waals surface area contributed by atoms with Gasteiger partial charge in [-0.25, -0.2) is 14.4 Å². The van der Waals surface area contributed by atoms with E-state index in [1.54, 1.807) is 49.4 Å². The summed E-state index contributed by atoms with van der Waals surface area (Å²) in [5, 5.41) is 8.57. The van der Waals surface area contributed by atoms with Crippen LogP contribution < -0.4 is 16.0 Å². The first-order chi connectivity index (χ1) is 13.9. The second-order valence-electron chi connectivity index (χ2n) is 6.38. The van der Waals surface area contributed by atoms with E-state index in [0.29, 0.717) is 17.3 Å². The van der Waals surface area contributed by atoms with E-state index in [4.69, 9.17) is 0 Å². The second-order valence-corrected chi connectivity index (χ2v) is 6.38. The minimum atomic E-state index is -0.358. The van der Waals surface area contributed by atoms with E-state index in [1.165, 1.54) is 19.1 Å². The Morgan fingerprint density at radius 2 is 1.62 bits per heavy atom. The molecule has 0 radical (unpaired) electrons. The summed E-state index contributed by atoms with van der Waals surface area (Å²) in [5.74, 6) is 0.0816. The predicted molar refractivity (Wildman–Crippen MR) is 108 cm³/mol. The topological polar surface area (TPSA) is 96.0 Å². The van der Waals surface area contributed by atoms with Gasteiger partial charge in [0.25, 0.3) is 5.91 Å². The van der Waals surface area contributed by atoms with E-state index in [0.717, 1.165) is 11.3 Å². The van der Waals surface area contributed by atoms with Crippen LogP contribution in [0.4, 0.5) is 21.6 Å². The van der Waals surface area contributed by atoms with Crippen LogP contribution >= 0.6 is 0 Å². The number of aryl methyl sites for hydroxylation is 1. The van der Waals surface area contributed by atoms with Crippen LogP contribution in [0.25, 0.3) is 0 Å². The van der Waals surface area contributed by atoms with Crippen LogP contribution in [0.5, 0.6) is 0 Å². The second kappa shape index (κ2) is 8.92. The molecule has 3 N–H and O–H groups in total. The fourth-order valence-corrected chi connectivity index (χ4v) is 2.61. The van der Waals surface area contributed by atoms with E-state index >= 15 is 0 Å². The lowest BCUT2D eigenvalue weighted by Gasteiger charge is -2.10. The highest BCUT2D eigenvalue weighted by molar-refractivity contribution is 5.93. The van der Waals surface area contributed by atoms with Gasteiger partial charge in [-0.1, -0.05) is 12.1 Å². The lowest BCUT2D eigenvalue weighted by Crippen LogP contribution is -2.24. The van der Waals surface area contributed by atoms with Crippen molar-refractivity contribution in [2.75, 3.05) is 10.6 Å². The van der Waals surface area contributed by atoms with Crippen LogP contribution in [0.2, 0.25) is 0 Å². The zero-order valence-electron chi connectivity index (χ0n) is 16.0. The number of benzene rings is 2. The first-order valence-corrected chi connectivity index (χ1v) is 8.92. The van der Waals surface area contributed by atoms with Crippen LogP contribution in [0.1, 0.15) is 28.8 Å². The van der Waals surface area contributed by atoms with Crippen LogP contribution in [-0.4, -0.2) is 21.8 Å². The fraction of sp³-hybridized carbons (Fsp3) is 0.143. The van der Waals surface area contributed by atoms with Gasteiger partial charge in [-0.3, -0.25) is 9.59 Å². The molecule has 2 aromatic carbocycles. The summed E-state index contributed by atoms with van der Waals surface area (Å²) in [6.07, 6.45) is 0. The molecule has 0 fully saturated rings. The Labute approximate surface area is 167 Å². The molecule has 0 aliphatic heterocycles. The molecule has 0 aliphatic rings. The zero-order chi connectivity index (χ0) is 20.8. The Kier molecular flexibility index (Phi) is 6.13. The number of hydrogen-bond donors (Lipinski definition) is 3. The average molecular weight is 393 g/mol. The molecule has 2 amide bonds. The minimum absolute atomic E-state index is 0.145. The Morgan fingerprint density at radius 3 is 2.28 bits per heavy atom. The summed E-state index contributed by atoms with van der Waals surface area (Å²) in [7, 11) is 0. The van der Waals surface area contributed by atoms with Crippen LogP contribution in [0, 0.1) is 12.7 Å². The van der Waals surface area contributed by atoms with E-state index in [-0.39, 0.29) is 29.9 Å². The molecule has 8 heteroatoms. The largest absolute Gasteiger partial charge is 0.347 e. The van der Waals surface area contributed by atoms with Gasteiger partial charge in [-0.2, -0.15) is 0 Å². The van der Waals surface area contributed by atoms with E-state index in [2.05, 4.69) is 25.9 Å². The van der Waals surface area contributed by atoms with Gasteiger partial charge in [0.1, 0.15) is 23.2 Å². The Hall–Kier alpha value is -3.81. The normalized spacial score (nSPS) is 10.3. The molecule has 1 heterocycles. The quantitative estimate of drug-likeness (QED) is 0.595. The summed E-state index contributed by atoms with van der Waals surface area (Å²) < 4.78 is 13.0. The fourth-order valence-electron chi connectivity index (χ4n) is 2.61. The van der Waals surface area contributed by atoms with Gasteiger partial charge in [0.05, 0.1) is 0 Å². The number of anilines is 3. The van der Waals surface area contributed by atoms with Crippen molar-refractivity contribution in [2.24, 2.45) is 0 Å². The van der Waals surface area contributed by atoms with E-state index in [1.807, 2.05) is 0 Å². The molecule has 3 rings (SSSR count). The minimum Gasteiger partial charge on any atom is -0.347 e. The van der Waals surface area contributed by atoms with Crippen molar-refractivity contribution in [3.63, 3.8) is 0 Å². The Morgan fingerprint density at radius 1 is 0.966 bits per heavy atom. The SMILES string of the molecule is CC(=O)Nc1ccc(Nc2cc(C(=O)NCc3ccc(F)cc3)nc(C)n2)cc1. The van der Waals surface area contributed by atoms with Crippen molar-refractivity contribution in [3.05, 3.63) is 77.5 Å². The van der Waals surface area contributed by atoms with Gasteiger partial charge < -0.3 is 16.0 Å². The van der Waals surface area contributed by atoms with Crippen LogP contribution in [-0.2, 0) is 11.3 Å². The monoisotopic (exact) mass is 393 g/mol. The van der Waals surface area contributed by atoms with Gasteiger partial charge in [0.2, 0.25) is 5.91 Å². The van der Waals surface area contributed by atoms with Crippen LogP contribution in [0.3, 0.4) is 0 Å². The molecule has 3 aromatic rings. The van der Waals surface area contributed by atoms with Gasteiger partial charge in [0.15, 0.2) is 0 Å². The number of aromatic nitrogens is 2. The maximum atomic E-state index is 13.0. The average Bonchev–Trinajstić information content (AvgIpc) is 2.68. The number of nitrogens with one attached hydrogen (secondary N) is 3. The van der Waals surface area contributed by atoms with E-state index in [9.17, 15) is 14.0 Å². The highest BCUT2D eigenvalue weighted by Gasteiger charge is 2.11. The number of amides is 2. The maximum Gasteiger partial charge on any atom is 0.270 e. The van der Waals surface area contributed by atoms with Crippen molar-refractivity contribution in [3.8, 4) is 0 Å². The van der Waals surface area contributed by atoms with Crippen molar-refractivity contribution >= 4 is 29.0 Å². The number of hydrogen-bond acceptors (Lipinski definition) is 5. The third-order valence-electron chi connectivity index (χ3n) is 3.91. The summed E-state index contributed by atoms with van der Waals surface area (Å²) in [4.78, 5) is 32.0. The molecule has 148 valence electrons. The van der Waals surface area contributed by atoms with Gasteiger partial charge in [0, 0.05) is 30.9 Å². The Bertz CT molecular complexity index is 1020. The first kappa shape index (κ1) is 19.9. The molecular formula is C21H20FN5O2. The van der Waals surface area contributed by atoms with Gasteiger partial charge in [-0.05, 0) is 48.9 Å². The molecule has 0 saturated carbocycles. The number of halogens is 1. The molecule has 0 bridgehead atoms. The van der Waals surface area contributed by atoms with Crippen molar-refractivity contribution in [1.82, 2.24) is 15.3 Å². The van der Waals surface area contributed by atoms with Crippen LogP contribution in [0.15, 0.2) is 54.6 Å². The molecule has 0 spiro atoms. The lowest BCUT2D eigenvalue weighted by atomic mass is 10.2. The molecule has 0 unspecified atom stereocenters. The Balaban J connectivity index is 1.67. The molecule has 0 aliphatic carbocycles. The summed E-state index contributed by atoms with van der Waals surface area (Å²) >= 11 is 0. The molecule has 29 heavy (non-hydrogen) atoms. The maximum absolute atomic E-state index is 13.0. The lowest BCUT2D eigenvalue weighted by molar-refractivity contribution is -0.114. The number of carbonyl (C=O) groups excluding carboxylic acids is 2. The smallest absolute Gasteiger partial charge is 0.270 e. The molecule has 0 atom stereocenters. The molecular weight excluding hydrogens is 373 g/mol. The molecule has 0 saturated heterocycles. The third-order valence-corrected chi connectivity index (χ3v) is 3.91. The predicted octanol–water partition coefficient (Wildman–Crippen LogP) is 3.56. The van der Waals surface area contributed by atoms with Gasteiger partial charge in [-0.15, -0.1) is 0 Å². The standard InChI is InChI=1S/C21H20FN5O2/c1-13-24-19(21(29)23-12-15-3-5-16(22)6-4-15)11-20(25-13)27-18-9-7-17(8-10-18)26-14(2)28/h3-11H,12H2,1-2H3,(H,23,29)(H,26,28)(H,24,25,27). The van der Waals surface area contributed by atoms with Gasteiger partial charge >= 0.3 is 0 Å². The first-order valence-electron chi connectivity index (χ1n) is 8.92. The number of nitrogens with zero attached hydrogens (tertiary/aromatic N) is 2. The van der Waals surface area contributed by atoms with Crippen molar-refractivity contribution < 1.29 is 14.0 Å². The zero-order valence-corrected chi connectivity index (χ0v) is 16.0. The molecule has 1 aromatic heterocycles. The van der Waals surface area contributed by atoms with Crippen molar-refractivity contribution in [2.45, 2.75) is 20.4 Å². The van der Waals surface area contributed by atoms with E-state index < -0.39 is 0 Å². The molecule has 7 nitrogen and oxygen atoms in total. The summed E-state index contributed by atoms with van der Waals surface area (Å²) in [6, 6.07) is 14.5. The highest BCUT2D eigenvalue weighted by Crippen LogP contribution is 2.18. The summed E-state index contributed by atoms with van der Waals surface area (Å²) in [6.45, 7) is 3.40. The number of rotatable bonds is 6.